The molecule has 2 aliphatic rings. The lowest BCUT2D eigenvalue weighted by atomic mass is 9.84. The number of aliphatic imine (C=N–C) groups is 1. The highest BCUT2D eigenvalue weighted by atomic mass is 15.0. The van der Waals surface area contributed by atoms with Crippen LogP contribution < -0.4 is 11.5 Å². The standard InChI is InChI=1S/C9H17N3/c10-8(11)12-6-9-3-1-7(5-9)2-4-9/h7H,1-6H2,(H4,10,11,12). The van der Waals surface area contributed by atoms with Gasteiger partial charge in [0.15, 0.2) is 5.96 Å². The maximum absolute atomic E-state index is 5.33. The highest BCUT2D eigenvalue weighted by Gasteiger charge is 2.44. The molecule has 2 saturated carbocycles. The first-order chi connectivity index (χ1) is 5.70. The SMILES string of the molecule is NC(N)=NCC12CCC(CC1)C2. The van der Waals surface area contributed by atoms with Crippen molar-refractivity contribution in [2.75, 3.05) is 6.54 Å². The highest BCUT2D eigenvalue weighted by molar-refractivity contribution is 5.75. The van der Waals surface area contributed by atoms with Crippen molar-refractivity contribution in [1.29, 1.82) is 0 Å². The number of rotatable bonds is 2. The smallest absolute Gasteiger partial charge is 0.185 e. The van der Waals surface area contributed by atoms with E-state index in [9.17, 15) is 0 Å². The van der Waals surface area contributed by atoms with Gasteiger partial charge in [0.2, 0.25) is 0 Å². The third kappa shape index (κ3) is 1.28. The average molecular weight is 167 g/mol. The molecule has 0 aromatic heterocycles. The molecule has 2 rings (SSSR count). The van der Waals surface area contributed by atoms with Gasteiger partial charge in [-0.15, -0.1) is 0 Å². The molecule has 0 saturated heterocycles. The van der Waals surface area contributed by atoms with E-state index in [0.29, 0.717) is 5.41 Å². The Morgan fingerprint density at radius 3 is 2.42 bits per heavy atom. The monoisotopic (exact) mass is 167 g/mol. The van der Waals surface area contributed by atoms with Crippen LogP contribution in [0.1, 0.15) is 32.1 Å². The van der Waals surface area contributed by atoms with Crippen molar-refractivity contribution >= 4 is 5.96 Å². The molecule has 2 fully saturated rings. The molecule has 3 nitrogen and oxygen atoms in total. The van der Waals surface area contributed by atoms with E-state index in [-0.39, 0.29) is 5.96 Å². The molecule has 0 aliphatic heterocycles. The van der Waals surface area contributed by atoms with Crippen LogP contribution in [0.4, 0.5) is 0 Å². The minimum absolute atomic E-state index is 0.250. The molecule has 2 bridgehead atoms. The number of hydrogen-bond acceptors (Lipinski definition) is 1. The maximum atomic E-state index is 5.33. The molecular formula is C9H17N3. The van der Waals surface area contributed by atoms with Crippen LogP contribution in [0.25, 0.3) is 0 Å². The van der Waals surface area contributed by atoms with Gasteiger partial charge in [-0.2, -0.15) is 0 Å². The van der Waals surface area contributed by atoms with Gasteiger partial charge < -0.3 is 11.5 Å². The van der Waals surface area contributed by atoms with Crippen LogP contribution in [-0.2, 0) is 0 Å². The Morgan fingerprint density at radius 1 is 1.33 bits per heavy atom. The number of fused-ring (bicyclic) bond motifs is 2. The first-order valence-electron chi connectivity index (χ1n) is 4.76. The Morgan fingerprint density at radius 2 is 2.00 bits per heavy atom. The van der Waals surface area contributed by atoms with Crippen LogP contribution in [0.2, 0.25) is 0 Å². The molecule has 2 aliphatic carbocycles. The molecule has 0 aromatic carbocycles. The fraction of sp³-hybridized carbons (Fsp3) is 0.889. The normalized spacial score (nSPS) is 38.5. The van der Waals surface area contributed by atoms with Gasteiger partial charge >= 0.3 is 0 Å². The Balaban J connectivity index is 1.98. The second-order valence-electron chi connectivity index (χ2n) is 4.39. The van der Waals surface area contributed by atoms with Gasteiger partial charge in [0, 0.05) is 6.54 Å². The van der Waals surface area contributed by atoms with Crippen LogP contribution in [0.15, 0.2) is 4.99 Å². The second-order valence-corrected chi connectivity index (χ2v) is 4.39. The first kappa shape index (κ1) is 7.90. The molecule has 0 aromatic rings. The minimum Gasteiger partial charge on any atom is -0.370 e. The Bertz CT molecular complexity index is 198. The lowest BCUT2D eigenvalue weighted by molar-refractivity contribution is 0.307. The molecule has 0 spiro atoms. The van der Waals surface area contributed by atoms with Crippen molar-refractivity contribution < 1.29 is 0 Å². The third-order valence-corrected chi connectivity index (χ3v) is 3.48. The Hall–Kier alpha value is -0.730. The van der Waals surface area contributed by atoms with Crippen molar-refractivity contribution in [3.8, 4) is 0 Å². The van der Waals surface area contributed by atoms with E-state index in [2.05, 4.69) is 4.99 Å². The summed E-state index contributed by atoms with van der Waals surface area (Å²) in [6.45, 7) is 0.867. The van der Waals surface area contributed by atoms with Crippen molar-refractivity contribution in [1.82, 2.24) is 0 Å². The van der Waals surface area contributed by atoms with Gasteiger partial charge in [-0.05, 0) is 43.4 Å². The Kier molecular flexibility index (Phi) is 1.74. The van der Waals surface area contributed by atoms with Crippen molar-refractivity contribution in [2.45, 2.75) is 32.1 Å². The second kappa shape index (κ2) is 2.64. The molecule has 12 heavy (non-hydrogen) atoms. The maximum Gasteiger partial charge on any atom is 0.185 e. The summed E-state index contributed by atoms with van der Waals surface area (Å²) >= 11 is 0. The average Bonchev–Trinajstić information content (AvgIpc) is 2.60. The van der Waals surface area contributed by atoms with Crippen LogP contribution in [0, 0.1) is 11.3 Å². The fourth-order valence-corrected chi connectivity index (χ4v) is 2.79. The lowest BCUT2D eigenvalue weighted by Gasteiger charge is -2.23. The molecule has 0 atom stereocenters. The van der Waals surface area contributed by atoms with E-state index < -0.39 is 0 Å². The predicted octanol–water partition coefficient (Wildman–Crippen LogP) is 0.840. The van der Waals surface area contributed by atoms with E-state index in [1.165, 1.54) is 32.1 Å². The number of hydrogen-bond donors (Lipinski definition) is 2. The summed E-state index contributed by atoms with van der Waals surface area (Å²) in [6.07, 6.45) is 6.85. The zero-order chi connectivity index (χ0) is 8.60. The Labute approximate surface area is 73.2 Å². The van der Waals surface area contributed by atoms with Gasteiger partial charge in [-0.25, -0.2) is 0 Å². The number of nitrogens with two attached hydrogens (primary N) is 2. The van der Waals surface area contributed by atoms with Crippen molar-refractivity contribution in [2.24, 2.45) is 27.8 Å². The summed E-state index contributed by atoms with van der Waals surface area (Å²) in [5.41, 5.74) is 11.1. The van der Waals surface area contributed by atoms with Crippen molar-refractivity contribution in [3.63, 3.8) is 0 Å². The van der Waals surface area contributed by atoms with Crippen molar-refractivity contribution in [3.05, 3.63) is 0 Å². The first-order valence-corrected chi connectivity index (χ1v) is 4.76. The number of guanidine groups is 1. The lowest BCUT2D eigenvalue weighted by Crippen LogP contribution is -2.26. The summed E-state index contributed by atoms with van der Waals surface area (Å²) < 4.78 is 0. The van der Waals surface area contributed by atoms with Crippen LogP contribution in [0.3, 0.4) is 0 Å². The summed E-state index contributed by atoms with van der Waals surface area (Å²) in [6, 6.07) is 0. The van der Waals surface area contributed by atoms with Gasteiger partial charge in [-0.1, -0.05) is 0 Å². The van der Waals surface area contributed by atoms with Gasteiger partial charge in [0.25, 0.3) is 0 Å². The molecule has 0 heterocycles. The quantitative estimate of drug-likeness (QED) is 0.473. The summed E-state index contributed by atoms with van der Waals surface area (Å²) in [5, 5.41) is 0. The highest BCUT2D eigenvalue weighted by Crippen LogP contribution is 2.54. The predicted molar refractivity (Wildman–Crippen MR) is 49.7 cm³/mol. The molecule has 3 heteroatoms. The number of nitrogens with zero attached hydrogens (tertiary/aromatic N) is 1. The molecule has 4 N–H and O–H groups in total. The van der Waals surface area contributed by atoms with Crippen LogP contribution >= 0.6 is 0 Å². The minimum atomic E-state index is 0.250. The molecule has 68 valence electrons. The third-order valence-electron chi connectivity index (χ3n) is 3.48. The van der Waals surface area contributed by atoms with E-state index in [1.54, 1.807) is 0 Å². The van der Waals surface area contributed by atoms with E-state index in [4.69, 9.17) is 11.5 Å². The molecule has 0 radical (unpaired) electrons. The zero-order valence-corrected chi connectivity index (χ0v) is 7.42. The van der Waals surface area contributed by atoms with E-state index in [1.807, 2.05) is 0 Å². The van der Waals surface area contributed by atoms with Gasteiger partial charge in [0.1, 0.15) is 0 Å². The fourth-order valence-electron chi connectivity index (χ4n) is 2.79. The van der Waals surface area contributed by atoms with Gasteiger partial charge in [-0.3, -0.25) is 4.99 Å². The summed E-state index contributed by atoms with van der Waals surface area (Å²) in [4.78, 5) is 4.15. The van der Waals surface area contributed by atoms with Gasteiger partial charge in [0.05, 0.1) is 0 Å². The largest absolute Gasteiger partial charge is 0.370 e. The van der Waals surface area contributed by atoms with E-state index in [0.717, 1.165) is 12.5 Å². The molecule has 0 unspecified atom stereocenters. The zero-order valence-electron chi connectivity index (χ0n) is 7.42. The molecular weight excluding hydrogens is 150 g/mol. The van der Waals surface area contributed by atoms with Crippen LogP contribution in [0.5, 0.6) is 0 Å². The molecule has 0 amide bonds. The summed E-state index contributed by atoms with van der Waals surface area (Å²) in [5.74, 6) is 1.24. The summed E-state index contributed by atoms with van der Waals surface area (Å²) in [7, 11) is 0. The van der Waals surface area contributed by atoms with E-state index >= 15 is 0 Å². The van der Waals surface area contributed by atoms with Crippen LogP contribution in [-0.4, -0.2) is 12.5 Å². The topological polar surface area (TPSA) is 64.4 Å².